The van der Waals surface area contributed by atoms with Crippen LogP contribution in [0.4, 0.5) is 0 Å². The van der Waals surface area contributed by atoms with Crippen LogP contribution in [0.25, 0.3) is 0 Å². The molecular weight excluding hydrogens is 935 g/mol. The molecule has 10 N–H and O–H groups in total. The highest BCUT2D eigenvalue weighted by Gasteiger charge is 2.66. The van der Waals surface area contributed by atoms with Crippen molar-refractivity contribution in [1.82, 2.24) is 16.0 Å². The van der Waals surface area contributed by atoms with Crippen LogP contribution in [0.15, 0.2) is 41.4 Å². The zero-order valence-corrected chi connectivity index (χ0v) is 43.3. The summed E-state index contributed by atoms with van der Waals surface area (Å²) in [5.41, 5.74) is 6.62. The number of carbonyl (C=O) groups is 1. The van der Waals surface area contributed by atoms with Gasteiger partial charge in [0.25, 0.3) is 0 Å². The SMILES string of the molecule is CC(=O)OC1CC(O)CCC23C#CC4CCCC5(CC(CCN5)Oc5cc(c(C(O)O)cc5O)CC41)C1CCC(CN1)SSCC1(CC45CCCC4C=CC(C5)C14CCCC4)NC(N)=NC2C=CCC3O. The smallest absolute Gasteiger partial charge is 0.302 e. The number of benzene rings is 1. The maximum Gasteiger partial charge on any atom is 0.302 e. The van der Waals surface area contributed by atoms with Gasteiger partial charge in [-0.15, -0.1) is 0 Å². The molecule has 6 aliphatic carbocycles. The number of nitrogens with zero attached hydrogens (tertiary/aromatic N) is 1. The highest BCUT2D eigenvalue weighted by Crippen LogP contribution is 2.69. The number of allylic oxidation sites excluding steroid dienone is 2. The summed E-state index contributed by atoms with van der Waals surface area (Å²) in [6.45, 7) is 3.01. The largest absolute Gasteiger partial charge is 0.504 e. The van der Waals surface area contributed by atoms with E-state index in [0.717, 1.165) is 76.6 Å². The minimum Gasteiger partial charge on any atom is -0.504 e. The maximum atomic E-state index is 13.1. The lowest BCUT2D eigenvalue weighted by Gasteiger charge is -2.63. The number of carbonyl (C=O) groups excluding carboxylic acids is 1. The van der Waals surface area contributed by atoms with Crippen LogP contribution in [-0.2, 0) is 16.0 Å². The number of nitrogens with two attached hydrogens (primary N) is 1. The van der Waals surface area contributed by atoms with E-state index < -0.39 is 53.9 Å². The number of phenolic OH excluding ortho intramolecular Hbond substituents is 1. The molecule has 15 heteroatoms. The predicted octanol–water partition coefficient (Wildman–Crippen LogP) is 6.84. The van der Waals surface area contributed by atoms with Crippen LogP contribution < -0.4 is 26.4 Å². The van der Waals surface area contributed by atoms with Gasteiger partial charge in [0.15, 0.2) is 23.7 Å². The van der Waals surface area contributed by atoms with Gasteiger partial charge in [0.2, 0.25) is 0 Å². The monoisotopic (exact) mass is 1010 g/mol. The van der Waals surface area contributed by atoms with E-state index in [9.17, 15) is 30.3 Å². The fourth-order valence-electron chi connectivity index (χ4n) is 16.7. The van der Waals surface area contributed by atoms with Crippen molar-refractivity contribution < 1.29 is 39.8 Å². The Labute approximate surface area is 428 Å². The number of fused-ring (bicyclic) bond motifs is 10. The Bertz CT molecular complexity index is 2310. The minimum atomic E-state index is -1.90. The molecule has 2 saturated heterocycles. The van der Waals surface area contributed by atoms with E-state index in [2.05, 4.69) is 46.0 Å². The summed E-state index contributed by atoms with van der Waals surface area (Å²) in [5.74, 6) is 8.58. The number of esters is 1. The quantitative estimate of drug-likeness (QED) is 0.0489. The molecule has 10 bridgehead atoms. The van der Waals surface area contributed by atoms with E-state index in [1.807, 2.05) is 27.7 Å². The number of hydrogen-bond donors (Lipinski definition) is 9. The molecule has 3 saturated carbocycles. The second-order valence-electron chi connectivity index (χ2n) is 23.9. The Balaban J connectivity index is 1.07. The van der Waals surface area contributed by atoms with E-state index in [1.165, 1.54) is 51.5 Å². The van der Waals surface area contributed by atoms with Crippen molar-refractivity contribution in [2.45, 2.75) is 201 Å². The van der Waals surface area contributed by atoms with E-state index in [1.54, 1.807) is 6.07 Å². The molecule has 71 heavy (non-hydrogen) atoms. The third-order valence-corrected chi connectivity index (χ3v) is 23.1. The van der Waals surface area contributed by atoms with E-state index >= 15 is 0 Å². The van der Waals surface area contributed by atoms with E-state index in [0.29, 0.717) is 47.9 Å². The first kappa shape index (κ1) is 50.2. The lowest BCUT2D eigenvalue weighted by atomic mass is 9.45. The Kier molecular flexibility index (Phi) is 14.1. The second-order valence-corrected chi connectivity index (χ2v) is 26.6. The van der Waals surface area contributed by atoms with Gasteiger partial charge in [-0.1, -0.05) is 83.4 Å². The molecule has 1 aromatic carbocycles. The zero-order chi connectivity index (χ0) is 49.2. The number of rotatable bonds is 2. The first-order chi connectivity index (χ1) is 34.2. The topological polar surface area (TPSA) is 211 Å². The van der Waals surface area contributed by atoms with Crippen LogP contribution in [0.1, 0.15) is 153 Å². The molecule has 5 fully saturated rings. The van der Waals surface area contributed by atoms with Crippen LogP contribution in [0.5, 0.6) is 11.5 Å². The molecule has 5 heterocycles. The molecule has 15 unspecified atom stereocenters. The van der Waals surface area contributed by atoms with Crippen molar-refractivity contribution in [1.29, 1.82) is 0 Å². The van der Waals surface area contributed by atoms with Gasteiger partial charge in [-0.2, -0.15) is 0 Å². The molecular formula is C56H79N5O8S2. The van der Waals surface area contributed by atoms with Crippen molar-refractivity contribution in [2.24, 2.45) is 50.6 Å². The number of phenols is 1. The predicted molar refractivity (Wildman–Crippen MR) is 278 cm³/mol. The van der Waals surface area contributed by atoms with Crippen molar-refractivity contribution in [3.63, 3.8) is 0 Å². The number of ether oxygens (including phenoxy) is 2. The Morgan fingerprint density at radius 1 is 0.972 bits per heavy atom. The van der Waals surface area contributed by atoms with Crippen molar-refractivity contribution in [3.8, 4) is 23.3 Å². The van der Waals surface area contributed by atoms with Crippen LogP contribution in [0.2, 0.25) is 0 Å². The summed E-state index contributed by atoms with van der Waals surface area (Å²) in [6.07, 6.45) is 22.5. The van der Waals surface area contributed by atoms with Gasteiger partial charge in [-0.05, 0) is 138 Å². The zero-order valence-electron chi connectivity index (χ0n) is 41.7. The number of nitrogens with one attached hydrogen (secondary N) is 3. The number of piperidine rings is 2. The van der Waals surface area contributed by atoms with Gasteiger partial charge in [0, 0.05) is 71.7 Å². The van der Waals surface area contributed by atoms with Crippen molar-refractivity contribution >= 4 is 33.5 Å². The summed E-state index contributed by atoms with van der Waals surface area (Å²) < 4.78 is 13.0. The summed E-state index contributed by atoms with van der Waals surface area (Å²) in [6, 6.07) is 2.66. The van der Waals surface area contributed by atoms with Crippen molar-refractivity contribution in [2.75, 3.05) is 18.8 Å². The summed E-state index contributed by atoms with van der Waals surface area (Å²) in [5, 5.41) is 70.4. The number of guanidine groups is 1. The standard InChI is InChI=1S/C56H79N5O8S2/c1-34(62)68-45-27-39(63)16-23-53-22-15-35-7-5-21-55(30-40(17-24-59-55)69-46-26-36(25-42(35)45)43(50(66)67)28-44(46)64)48-14-13-41(31-58-48)71-70-33-56(61-51(57)60-47(53)9-4-10-49(53)65)32-52-18-6-8-37(52)11-12-38(29-52)54(56)19-2-3-20-54/h4,9,11-12,26,28,35,37-42,45,47-50,58-59,63-67H,2-3,5-8,10,13-14,16-21,23-25,27,29-33H2,1H3,(H3,57,60,61). The number of aliphatic imine (C=N–C) groups is 1. The summed E-state index contributed by atoms with van der Waals surface area (Å²) >= 11 is 0. The average molecular weight is 1010 g/mol. The Morgan fingerprint density at radius 3 is 2.61 bits per heavy atom. The first-order valence-electron chi connectivity index (χ1n) is 27.4. The van der Waals surface area contributed by atoms with Crippen LogP contribution in [0.3, 0.4) is 0 Å². The number of aliphatic hydroxyl groups excluding tert-OH is 3. The Hall–Kier alpha value is -2.94. The molecule has 0 aromatic heterocycles. The summed E-state index contributed by atoms with van der Waals surface area (Å²) in [4.78, 5) is 18.5. The summed E-state index contributed by atoms with van der Waals surface area (Å²) in [7, 11) is 4.08. The lowest BCUT2D eigenvalue weighted by Crippen LogP contribution is -2.70. The van der Waals surface area contributed by atoms with Gasteiger partial charge in [0.05, 0.1) is 29.2 Å². The highest BCUT2D eigenvalue weighted by atomic mass is 33.1. The number of hydrogen-bond acceptors (Lipinski definition) is 15. The normalized spacial score (nSPS) is 43.0. The van der Waals surface area contributed by atoms with Crippen LogP contribution in [-0.4, -0.2) is 109 Å². The van der Waals surface area contributed by atoms with E-state index in [4.69, 9.17) is 20.2 Å². The highest BCUT2D eigenvalue weighted by molar-refractivity contribution is 8.77. The maximum absolute atomic E-state index is 13.1. The van der Waals surface area contributed by atoms with E-state index in [-0.39, 0.29) is 70.4 Å². The molecule has 5 aliphatic heterocycles. The lowest BCUT2D eigenvalue weighted by molar-refractivity contribution is -0.152. The molecule has 5 spiro atoms. The minimum absolute atomic E-state index is 0.0344. The van der Waals surface area contributed by atoms with Gasteiger partial charge < -0.3 is 56.7 Å². The number of aliphatic hydroxyl groups is 4. The van der Waals surface area contributed by atoms with Crippen LogP contribution in [0, 0.1) is 51.8 Å². The molecule has 0 amide bonds. The van der Waals surface area contributed by atoms with Crippen LogP contribution >= 0.6 is 21.6 Å². The fourth-order valence-corrected chi connectivity index (χ4v) is 19.9. The third kappa shape index (κ3) is 9.26. The first-order valence-corrected chi connectivity index (χ1v) is 29.8. The second kappa shape index (κ2) is 20.0. The molecule has 11 aliphatic rings. The van der Waals surface area contributed by atoms with Crippen molar-refractivity contribution in [3.05, 3.63) is 47.6 Å². The molecule has 13 nitrogen and oxygen atoms in total. The molecule has 0 radical (unpaired) electrons. The third-order valence-electron chi connectivity index (χ3n) is 20.1. The van der Waals surface area contributed by atoms with Gasteiger partial charge >= 0.3 is 5.97 Å². The molecule has 15 atom stereocenters. The number of aromatic hydroxyl groups is 1. The van der Waals surface area contributed by atoms with Gasteiger partial charge in [-0.25, -0.2) is 4.99 Å². The molecule has 12 rings (SSSR count). The van der Waals surface area contributed by atoms with Gasteiger partial charge in [-0.3, -0.25) is 4.79 Å². The Morgan fingerprint density at radius 2 is 1.80 bits per heavy atom. The molecule has 388 valence electrons. The fraction of sp³-hybridized carbons (Fsp3) is 0.750. The van der Waals surface area contributed by atoms with Gasteiger partial charge in [0.1, 0.15) is 12.2 Å². The average Bonchev–Trinajstić information content (AvgIpc) is 4.00. The molecule has 1 aromatic rings.